The molecule has 151 valence electrons. The van der Waals surface area contributed by atoms with Crippen LogP contribution in [0.1, 0.15) is 70.1 Å². The van der Waals surface area contributed by atoms with E-state index in [2.05, 4.69) is 75.1 Å². The van der Waals surface area contributed by atoms with Crippen LogP contribution in [0.2, 0.25) is 0 Å². The SMILES string of the molecule is CCC(=O)OCc1cc[c]c(C(CCN(C(C)C)C(C)C)c2ccccc2)c1. The Balaban J connectivity index is 2.23. The van der Waals surface area contributed by atoms with Crippen LogP contribution in [0.3, 0.4) is 0 Å². The summed E-state index contributed by atoms with van der Waals surface area (Å²) < 4.78 is 5.32. The number of hydrogen-bond donors (Lipinski definition) is 0. The average molecular weight is 381 g/mol. The lowest BCUT2D eigenvalue weighted by molar-refractivity contribution is -0.144. The van der Waals surface area contributed by atoms with Gasteiger partial charge >= 0.3 is 5.97 Å². The van der Waals surface area contributed by atoms with Gasteiger partial charge in [0.15, 0.2) is 0 Å². The van der Waals surface area contributed by atoms with Gasteiger partial charge in [0, 0.05) is 24.4 Å². The maximum atomic E-state index is 11.5. The van der Waals surface area contributed by atoms with E-state index in [1.165, 1.54) is 5.56 Å². The fourth-order valence-corrected chi connectivity index (χ4v) is 3.67. The van der Waals surface area contributed by atoms with E-state index in [1.807, 2.05) is 19.1 Å². The standard InChI is InChI=1S/C25H34NO2/c1-6-25(27)28-18-21-11-10-14-23(17-21)24(22-12-8-7-9-13-22)15-16-26(19(2)3)20(4)5/h7-13,17,19-20,24H,6,15-16,18H2,1-5H3. The number of carbonyl (C=O) groups excluding carboxylic acids is 1. The molecule has 0 saturated heterocycles. The molecule has 0 heterocycles. The zero-order valence-corrected chi connectivity index (χ0v) is 17.9. The van der Waals surface area contributed by atoms with Crippen LogP contribution in [0.25, 0.3) is 0 Å². The van der Waals surface area contributed by atoms with Gasteiger partial charge in [-0.3, -0.25) is 9.69 Å². The minimum absolute atomic E-state index is 0.168. The predicted molar refractivity (Wildman–Crippen MR) is 115 cm³/mol. The molecule has 1 atom stereocenters. The molecule has 3 nitrogen and oxygen atoms in total. The summed E-state index contributed by atoms with van der Waals surface area (Å²) in [5, 5.41) is 0. The minimum Gasteiger partial charge on any atom is -0.461 e. The van der Waals surface area contributed by atoms with Crippen molar-refractivity contribution in [2.45, 2.75) is 72.1 Å². The average Bonchev–Trinajstić information content (AvgIpc) is 2.69. The highest BCUT2D eigenvalue weighted by Gasteiger charge is 2.19. The summed E-state index contributed by atoms with van der Waals surface area (Å²) in [6.07, 6.45) is 1.42. The second-order valence-electron chi connectivity index (χ2n) is 7.84. The Morgan fingerprint density at radius 1 is 1.07 bits per heavy atom. The second-order valence-corrected chi connectivity index (χ2v) is 7.84. The summed E-state index contributed by atoms with van der Waals surface area (Å²) in [6, 6.07) is 21.1. The quantitative estimate of drug-likeness (QED) is 0.504. The van der Waals surface area contributed by atoms with Crippen LogP contribution in [0.4, 0.5) is 0 Å². The van der Waals surface area contributed by atoms with Gasteiger partial charge in [0.2, 0.25) is 0 Å². The highest BCUT2D eigenvalue weighted by atomic mass is 16.5. The van der Waals surface area contributed by atoms with Gasteiger partial charge in [-0.1, -0.05) is 55.5 Å². The molecule has 0 saturated carbocycles. The Morgan fingerprint density at radius 2 is 1.75 bits per heavy atom. The molecule has 0 aliphatic carbocycles. The van der Waals surface area contributed by atoms with Crippen LogP contribution in [-0.2, 0) is 16.1 Å². The van der Waals surface area contributed by atoms with Gasteiger partial charge < -0.3 is 4.74 Å². The summed E-state index contributed by atoms with van der Waals surface area (Å²) in [5.74, 6) is 0.0986. The summed E-state index contributed by atoms with van der Waals surface area (Å²) in [4.78, 5) is 14.0. The van der Waals surface area contributed by atoms with Crippen molar-refractivity contribution in [2.75, 3.05) is 6.54 Å². The molecule has 0 fully saturated rings. The van der Waals surface area contributed by atoms with Crippen molar-refractivity contribution in [2.24, 2.45) is 0 Å². The van der Waals surface area contributed by atoms with Crippen molar-refractivity contribution in [1.29, 1.82) is 0 Å². The molecule has 2 aromatic carbocycles. The largest absolute Gasteiger partial charge is 0.461 e. The number of rotatable bonds is 10. The Hall–Kier alpha value is -2.13. The smallest absolute Gasteiger partial charge is 0.305 e. The topological polar surface area (TPSA) is 29.5 Å². The number of carbonyl (C=O) groups is 1. The third-order valence-corrected chi connectivity index (χ3v) is 5.16. The van der Waals surface area contributed by atoms with E-state index in [0.29, 0.717) is 25.1 Å². The third kappa shape index (κ3) is 6.49. The van der Waals surface area contributed by atoms with Crippen LogP contribution in [0, 0.1) is 6.07 Å². The lowest BCUT2D eigenvalue weighted by Crippen LogP contribution is -2.38. The Morgan fingerprint density at radius 3 is 2.36 bits per heavy atom. The van der Waals surface area contributed by atoms with Crippen molar-refractivity contribution in [3.05, 3.63) is 71.3 Å². The molecule has 0 aromatic heterocycles. The third-order valence-electron chi connectivity index (χ3n) is 5.16. The first kappa shape index (κ1) is 22.2. The zero-order valence-electron chi connectivity index (χ0n) is 17.9. The molecule has 0 aliphatic heterocycles. The molecule has 2 aromatic rings. The number of nitrogens with zero attached hydrogens (tertiary/aromatic N) is 1. The first-order valence-corrected chi connectivity index (χ1v) is 10.4. The molecule has 2 rings (SSSR count). The summed E-state index contributed by atoms with van der Waals surface area (Å²) >= 11 is 0. The van der Waals surface area contributed by atoms with E-state index in [0.717, 1.165) is 24.1 Å². The maximum absolute atomic E-state index is 11.5. The fraction of sp³-hybridized carbons (Fsp3) is 0.480. The van der Waals surface area contributed by atoms with Gasteiger partial charge in [-0.2, -0.15) is 0 Å². The van der Waals surface area contributed by atoms with Gasteiger partial charge in [0.25, 0.3) is 0 Å². The molecule has 3 heteroatoms. The second kappa shape index (κ2) is 11.0. The number of hydrogen-bond acceptors (Lipinski definition) is 3. The van der Waals surface area contributed by atoms with E-state index >= 15 is 0 Å². The molecule has 1 radical (unpaired) electrons. The Kier molecular flexibility index (Phi) is 8.72. The summed E-state index contributed by atoms with van der Waals surface area (Å²) in [7, 11) is 0. The first-order chi connectivity index (χ1) is 13.4. The van der Waals surface area contributed by atoms with Crippen LogP contribution < -0.4 is 0 Å². The van der Waals surface area contributed by atoms with Crippen molar-refractivity contribution >= 4 is 5.97 Å². The van der Waals surface area contributed by atoms with Gasteiger partial charge in [0.05, 0.1) is 0 Å². The van der Waals surface area contributed by atoms with Crippen LogP contribution in [0.15, 0.2) is 48.5 Å². The van der Waals surface area contributed by atoms with Crippen molar-refractivity contribution in [1.82, 2.24) is 4.90 Å². The van der Waals surface area contributed by atoms with Gasteiger partial charge in [-0.25, -0.2) is 0 Å². The molecule has 0 spiro atoms. The molecule has 1 unspecified atom stereocenters. The van der Waals surface area contributed by atoms with E-state index < -0.39 is 0 Å². The minimum atomic E-state index is -0.168. The van der Waals surface area contributed by atoms with E-state index in [-0.39, 0.29) is 11.9 Å². The number of benzene rings is 2. The van der Waals surface area contributed by atoms with Gasteiger partial charge in [-0.05, 0) is 63.4 Å². The Labute approximate surface area is 170 Å². The normalized spacial score (nSPS) is 12.6. The molecule has 0 bridgehead atoms. The summed E-state index contributed by atoms with van der Waals surface area (Å²) in [5.41, 5.74) is 3.47. The monoisotopic (exact) mass is 380 g/mol. The van der Waals surface area contributed by atoms with E-state index in [1.54, 1.807) is 0 Å². The maximum Gasteiger partial charge on any atom is 0.305 e. The lowest BCUT2D eigenvalue weighted by Gasteiger charge is -2.32. The molecular formula is C25H34NO2. The number of ether oxygens (including phenoxy) is 1. The van der Waals surface area contributed by atoms with E-state index in [9.17, 15) is 4.79 Å². The number of esters is 1. The van der Waals surface area contributed by atoms with Crippen LogP contribution >= 0.6 is 0 Å². The van der Waals surface area contributed by atoms with Crippen molar-refractivity contribution in [3.63, 3.8) is 0 Å². The zero-order chi connectivity index (χ0) is 20.5. The van der Waals surface area contributed by atoms with Gasteiger partial charge in [-0.15, -0.1) is 0 Å². The molecule has 0 aliphatic rings. The van der Waals surface area contributed by atoms with E-state index in [4.69, 9.17) is 4.74 Å². The molecule has 0 amide bonds. The highest BCUT2D eigenvalue weighted by molar-refractivity contribution is 5.68. The molecule has 0 N–H and O–H groups in total. The first-order valence-electron chi connectivity index (χ1n) is 10.4. The van der Waals surface area contributed by atoms with Crippen molar-refractivity contribution in [3.8, 4) is 0 Å². The van der Waals surface area contributed by atoms with Gasteiger partial charge in [0.1, 0.15) is 6.61 Å². The molecule has 28 heavy (non-hydrogen) atoms. The Bertz CT molecular complexity index is 716. The van der Waals surface area contributed by atoms with Crippen LogP contribution in [0.5, 0.6) is 0 Å². The lowest BCUT2D eigenvalue weighted by atomic mass is 9.87. The fourth-order valence-electron chi connectivity index (χ4n) is 3.67. The van der Waals surface area contributed by atoms with Crippen molar-refractivity contribution < 1.29 is 9.53 Å². The predicted octanol–water partition coefficient (Wildman–Crippen LogP) is 5.58. The molecular weight excluding hydrogens is 346 g/mol. The van der Waals surface area contributed by atoms with Crippen LogP contribution in [-0.4, -0.2) is 29.5 Å². The highest BCUT2D eigenvalue weighted by Crippen LogP contribution is 2.29. The summed E-state index contributed by atoms with van der Waals surface area (Å²) in [6.45, 7) is 12.2.